The molecule has 0 radical (unpaired) electrons. The van der Waals surface area contributed by atoms with Gasteiger partial charge in [-0.3, -0.25) is 14.2 Å². The summed E-state index contributed by atoms with van der Waals surface area (Å²) in [5, 5.41) is 10.7. The highest BCUT2D eigenvalue weighted by Crippen LogP contribution is 2.33. The normalized spacial score (nSPS) is 13.8. The van der Waals surface area contributed by atoms with Gasteiger partial charge < -0.3 is 19.5 Å². The van der Waals surface area contributed by atoms with Crippen molar-refractivity contribution in [2.75, 3.05) is 38.0 Å². The highest BCUT2D eigenvalue weighted by atomic mass is 32.2. The zero-order chi connectivity index (χ0) is 23.5. The van der Waals surface area contributed by atoms with Crippen molar-refractivity contribution in [1.82, 2.24) is 9.55 Å². The van der Waals surface area contributed by atoms with Gasteiger partial charge in [0.05, 0.1) is 43.5 Å². The maximum atomic E-state index is 13.4. The summed E-state index contributed by atoms with van der Waals surface area (Å²) in [5.41, 5.74) is 2.25. The third-order valence-corrected chi connectivity index (χ3v) is 6.87. The highest BCUT2D eigenvalue weighted by molar-refractivity contribution is 7.99. The van der Waals surface area contributed by atoms with Gasteiger partial charge in [0.1, 0.15) is 0 Å². The van der Waals surface area contributed by atoms with E-state index in [1.54, 1.807) is 17.0 Å². The second-order valence-electron chi connectivity index (χ2n) is 7.75. The molecule has 9 heteroatoms. The number of carbonyl (C=O) groups is 1. The number of para-hydroxylation sites is 1. The van der Waals surface area contributed by atoms with Crippen molar-refractivity contribution in [1.29, 1.82) is 0 Å². The lowest BCUT2D eigenvalue weighted by Crippen LogP contribution is -2.32. The van der Waals surface area contributed by atoms with Crippen molar-refractivity contribution >= 4 is 34.3 Å². The van der Waals surface area contributed by atoms with E-state index >= 15 is 0 Å². The number of aliphatic hydroxyl groups is 1. The van der Waals surface area contributed by atoms with Crippen LogP contribution in [-0.4, -0.2) is 53.7 Å². The van der Waals surface area contributed by atoms with E-state index in [-0.39, 0.29) is 23.8 Å². The first-order valence-electron chi connectivity index (χ1n) is 10.8. The third-order valence-electron chi connectivity index (χ3n) is 5.93. The number of hydrogen-bond acceptors (Lipinski definition) is 7. The second kappa shape index (κ2) is 9.84. The van der Waals surface area contributed by atoms with E-state index < -0.39 is 6.04 Å². The molecule has 0 unspecified atom stereocenters. The van der Waals surface area contributed by atoms with Gasteiger partial charge in [-0.05, 0) is 30.5 Å². The van der Waals surface area contributed by atoms with E-state index in [9.17, 15) is 14.7 Å². The SMILES string of the molecule is CC[C@@H](CO)n1c(SCC(=O)N2CCc3ccccc32)nc2cc(OC)c(OC)cc2c1=O. The van der Waals surface area contributed by atoms with Gasteiger partial charge in [0.25, 0.3) is 5.56 Å². The standard InChI is InChI=1S/C24H27N3O5S/c1-4-16(13-28)27-23(30)17-11-20(31-2)21(32-3)12-18(17)25-24(27)33-14-22(29)26-10-9-15-7-5-6-8-19(15)26/h5-8,11-12,16,28H,4,9-10,13-14H2,1-3H3/t16-/m0/s1. The number of hydrogen-bond donors (Lipinski definition) is 1. The molecule has 4 rings (SSSR count). The first kappa shape index (κ1) is 23.1. The number of carbonyl (C=O) groups excluding carboxylic acids is 1. The maximum absolute atomic E-state index is 13.4. The molecule has 0 saturated heterocycles. The molecule has 8 nitrogen and oxygen atoms in total. The number of anilines is 1. The van der Waals surface area contributed by atoms with Crippen molar-refractivity contribution in [2.24, 2.45) is 0 Å². The molecule has 0 aliphatic carbocycles. The quantitative estimate of drug-likeness (QED) is 0.400. The van der Waals surface area contributed by atoms with Crippen LogP contribution in [0.3, 0.4) is 0 Å². The number of methoxy groups -OCH3 is 2. The number of thioether (sulfide) groups is 1. The fourth-order valence-corrected chi connectivity index (χ4v) is 5.07. The minimum absolute atomic E-state index is 0.0461. The van der Waals surface area contributed by atoms with E-state index in [1.165, 1.54) is 30.5 Å². The van der Waals surface area contributed by atoms with Crippen molar-refractivity contribution in [2.45, 2.75) is 31.0 Å². The summed E-state index contributed by atoms with van der Waals surface area (Å²) in [5.74, 6) is 0.970. The zero-order valence-corrected chi connectivity index (χ0v) is 19.7. The van der Waals surface area contributed by atoms with Crippen molar-refractivity contribution in [3.63, 3.8) is 0 Å². The van der Waals surface area contributed by atoms with Gasteiger partial charge in [-0.2, -0.15) is 0 Å². The number of aliphatic hydroxyl groups excluding tert-OH is 1. The Morgan fingerprint density at radius 1 is 1.21 bits per heavy atom. The van der Waals surface area contributed by atoms with Crippen LogP contribution in [0.4, 0.5) is 5.69 Å². The molecular formula is C24H27N3O5S. The van der Waals surface area contributed by atoms with Crippen molar-refractivity contribution in [3.05, 3.63) is 52.3 Å². The lowest BCUT2D eigenvalue weighted by atomic mass is 10.2. The summed E-state index contributed by atoms with van der Waals surface area (Å²) in [6.07, 6.45) is 1.37. The maximum Gasteiger partial charge on any atom is 0.262 e. The van der Waals surface area contributed by atoms with Crippen LogP contribution in [0.5, 0.6) is 11.5 Å². The molecule has 0 spiro atoms. The monoisotopic (exact) mass is 469 g/mol. The first-order valence-corrected chi connectivity index (χ1v) is 11.8. The molecule has 0 fully saturated rings. The summed E-state index contributed by atoms with van der Waals surface area (Å²) in [4.78, 5) is 33.0. The molecule has 174 valence electrons. The average Bonchev–Trinajstić information content (AvgIpc) is 3.28. The fraction of sp³-hybridized carbons (Fsp3) is 0.375. The smallest absolute Gasteiger partial charge is 0.262 e. The number of aromatic nitrogens is 2. The molecule has 0 bridgehead atoms. The Morgan fingerprint density at radius 2 is 1.94 bits per heavy atom. The molecule has 1 atom stereocenters. The summed E-state index contributed by atoms with van der Waals surface area (Å²) in [7, 11) is 3.02. The van der Waals surface area contributed by atoms with Gasteiger partial charge >= 0.3 is 0 Å². The van der Waals surface area contributed by atoms with E-state index in [4.69, 9.17) is 9.47 Å². The number of fused-ring (bicyclic) bond motifs is 2. The minimum Gasteiger partial charge on any atom is -0.493 e. The summed E-state index contributed by atoms with van der Waals surface area (Å²) >= 11 is 1.21. The molecule has 2 aromatic carbocycles. The predicted octanol–water partition coefficient (Wildman–Crippen LogP) is 3.04. The molecular weight excluding hydrogens is 442 g/mol. The Labute approximate surface area is 196 Å². The average molecular weight is 470 g/mol. The Balaban J connectivity index is 1.71. The Bertz CT molecular complexity index is 1240. The van der Waals surface area contributed by atoms with Gasteiger partial charge in [0.2, 0.25) is 5.91 Å². The van der Waals surface area contributed by atoms with E-state index in [2.05, 4.69) is 4.98 Å². The number of amides is 1. The predicted molar refractivity (Wildman–Crippen MR) is 129 cm³/mol. The lowest BCUT2D eigenvalue weighted by Gasteiger charge is -2.21. The Hall–Kier alpha value is -3.04. The number of rotatable bonds is 8. The van der Waals surface area contributed by atoms with Crippen molar-refractivity contribution in [3.8, 4) is 11.5 Å². The van der Waals surface area contributed by atoms with Gasteiger partial charge in [0, 0.05) is 18.3 Å². The Morgan fingerprint density at radius 3 is 2.64 bits per heavy atom. The number of nitrogens with zero attached hydrogens (tertiary/aromatic N) is 3. The first-order chi connectivity index (χ1) is 16.0. The second-order valence-corrected chi connectivity index (χ2v) is 8.69. The van der Waals surface area contributed by atoms with E-state index in [0.717, 1.165) is 17.7 Å². The molecule has 3 aromatic rings. The molecule has 2 heterocycles. The van der Waals surface area contributed by atoms with Crippen LogP contribution in [0.1, 0.15) is 24.9 Å². The third kappa shape index (κ3) is 4.30. The molecule has 0 saturated carbocycles. The molecule has 1 N–H and O–H groups in total. The van der Waals surface area contributed by atoms with Crippen LogP contribution in [0.15, 0.2) is 46.3 Å². The highest BCUT2D eigenvalue weighted by Gasteiger charge is 2.26. The van der Waals surface area contributed by atoms with Gasteiger partial charge in [0.15, 0.2) is 16.7 Å². The molecule has 33 heavy (non-hydrogen) atoms. The fourth-order valence-electron chi connectivity index (χ4n) is 4.12. The van der Waals surface area contributed by atoms with Gasteiger partial charge in [-0.1, -0.05) is 36.9 Å². The molecule has 1 aliphatic rings. The zero-order valence-electron chi connectivity index (χ0n) is 18.9. The number of benzene rings is 2. The summed E-state index contributed by atoms with van der Waals surface area (Å²) in [6.45, 7) is 2.33. The molecule has 1 aromatic heterocycles. The minimum atomic E-state index is -0.451. The largest absolute Gasteiger partial charge is 0.493 e. The summed E-state index contributed by atoms with van der Waals surface area (Å²) in [6, 6.07) is 10.7. The van der Waals surface area contributed by atoms with Crippen LogP contribution in [0.2, 0.25) is 0 Å². The lowest BCUT2D eigenvalue weighted by molar-refractivity contribution is -0.116. The Kier molecular flexibility index (Phi) is 6.90. The van der Waals surface area contributed by atoms with E-state index in [1.807, 2.05) is 31.2 Å². The van der Waals surface area contributed by atoms with Crippen LogP contribution < -0.4 is 19.9 Å². The van der Waals surface area contributed by atoms with Crippen LogP contribution >= 0.6 is 11.8 Å². The molecule has 1 aliphatic heterocycles. The van der Waals surface area contributed by atoms with E-state index in [0.29, 0.717) is 40.5 Å². The topological polar surface area (TPSA) is 93.9 Å². The van der Waals surface area contributed by atoms with Crippen LogP contribution in [-0.2, 0) is 11.2 Å². The van der Waals surface area contributed by atoms with Crippen LogP contribution in [0.25, 0.3) is 10.9 Å². The molecule has 1 amide bonds. The van der Waals surface area contributed by atoms with Gasteiger partial charge in [-0.15, -0.1) is 0 Å². The summed E-state index contributed by atoms with van der Waals surface area (Å²) < 4.78 is 12.2. The number of ether oxygens (including phenoxy) is 2. The van der Waals surface area contributed by atoms with Crippen LogP contribution in [0, 0.1) is 0 Å². The van der Waals surface area contributed by atoms with Crippen molar-refractivity contribution < 1.29 is 19.4 Å². The van der Waals surface area contributed by atoms with Gasteiger partial charge in [-0.25, -0.2) is 4.98 Å².